The fourth-order valence-electron chi connectivity index (χ4n) is 2.71. The fraction of sp³-hybridized carbons (Fsp3) is 0.571. The number of carbonyl (C=O) groups excluding carboxylic acids is 1. The minimum atomic E-state index is -1.06. The van der Waals surface area contributed by atoms with Gasteiger partial charge in [0.05, 0.1) is 12.1 Å². The van der Waals surface area contributed by atoms with E-state index in [1.165, 1.54) is 11.3 Å². The molecule has 2 heterocycles. The summed E-state index contributed by atoms with van der Waals surface area (Å²) in [5.74, 6) is -0.514. The molecule has 1 aromatic heterocycles. The number of carbonyl (C=O) groups is 2. The highest BCUT2D eigenvalue weighted by Gasteiger charge is 2.41. The molecule has 3 N–H and O–H groups in total. The molecular formula is C14H18N2O4S. The van der Waals surface area contributed by atoms with Crippen LogP contribution in [0.3, 0.4) is 0 Å². The van der Waals surface area contributed by atoms with Crippen LogP contribution in [0.1, 0.15) is 30.2 Å². The van der Waals surface area contributed by atoms with Crippen LogP contribution in [0.5, 0.6) is 0 Å². The van der Waals surface area contributed by atoms with Crippen LogP contribution in [0.2, 0.25) is 0 Å². The molecule has 0 spiro atoms. The molecule has 114 valence electrons. The normalized spacial score (nSPS) is 26.3. The Labute approximate surface area is 126 Å². The number of ether oxygens (including phenoxy) is 1. The SMILES string of the molecule is O=C(NC(C(=O)O)c1cccs1)NC1CCOC1C1CC1. The van der Waals surface area contributed by atoms with E-state index in [0.29, 0.717) is 17.4 Å². The third-order valence-corrected chi connectivity index (χ3v) is 4.83. The van der Waals surface area contributed by atoms with Crippen molar-refractivity contribution in [1.29, 1.82) is 0 Å². The van der Waals surface area contributed by atoms with Crippen LogP contribution in [0.25, 0.3) is 0 Å². The van der Waals surface area contributed by atoms with Crippen molar-refractivity contribution in [2.24, 2.45) is 5.92 Å². The number of nitrogens with one attached hydrogen (secondary N) is 2. The van der Waals surface area contributed by atoms with Crippen molar-refractivity contribution in [1.82, 2.24) is 10.6 Å². The Morgan fingerprint density at radius 2 is 2.19 bits per heavy atom. The molecule has 0 bridgehead atoms. The van der Waals surface area contributed by atoms with Gasteiger partial charge in [0, 0.05) is 11.5 Å². The minimum Gasteiger partial charge on any atom is -0.479 e. The summed E-state index contributed by atoms with van der Waals surface area (Å²) in [5, 5.41) is 16.4. The van der Waals surface area contributed by atoms with E-state index in [0.717, 1.165) is 19.3 Å². The Kier molecular flexibility index (Phi) is 4.12. The van der Waals surface area contributed by atoms with E-state index in [1.807, 2.05) is 0 Å². The molecule has 0 aromatic carbocycles. The number of aliphatic carboxylic acids is 1. The van der Waals surface area contributed by atoms with E-state index in [1.54, 1.807) is 17.5 Å². The maximum absolute atomic E-state index is 12.1. The average molecular weight is 310 g/mol. The summed E-state index contributed by atoms with van der Waals surface area (Å²) >= 11 is 1.31. The topological polar surface area (TPSA) is 87.7 Å². The molecule has 3 atom stereocenters. The Morgan fingerprint density at radius 3 is 2.81 bits per heavy atom. The average Bonchev–Trinajstić information content (AvgIpc) is 2.97. The van der Waals surface area contributed by atoms with Gasteiger partial charge in [-0.25, -0.2) is 9.59 Å². The number of rotatable bonds is 5. The van der Waals surface area contributed by atoms with E-state index in [-0.39, 0.29) is 12.1 Å². The second-order valence-electron chi connectivity index (χ2n) is 5.47. The number of hydrogen-bond acceptors (Lipinski definition) is 4. The zero-order valence-corrected chi connectivity index (χ0v) is 12.3. The van der Waals surface area contributed by atoms with Crippen molar-refractivity contribution in [2.75, 3.05) is 6.61 Å². The molecule has 6 nitrogen and oxygen atoms in total. The largest absolute Gasteiger partial charge is 0.479 e. The van der Waals surface area contributed by atoms with Gasteiger partial charge in [0.15, 0.2) is 6.04 Å². The fourth-order valence-corrected chi connectivity index (χ4v) is 3.47. The van der Waals surface area contributed by atoms with Gasteiger partial charge in [0.25, 0.3) is 0 Å². The second kappa shape index (κ2) is 6.03. The van der Waals surface area contributed by atoms with Crippen LogP contribution < -0.4 is 10.6 Å². The highest BCUT2D eigenvalue weighted by atomic mass is 32.1. The Bertz CT molecular complexity index is 515. The lowest BCUT2D eigenvalue weighted by atomic mass is 10.1. The molecule has 2 fully saturated rings. The molecule has 2 aliphatic rings. The van der Waals surface area contributed by atoms with Gasteiger partial charge >= 0.3 is 12.0 Å². The molecule has 3 rings (SSSR count). The Balaban J connectivity index is 1.58. The summed E-state index contributed by atoms with van der Waals surface area (Å²) in [4.78, 5) is 24.0. The Morgan fingerprint density at radius 1 is 1.38 bits per heavy atom. The molecular weight excluding hydrogens is 292 g/mol. The predicted molar refractivity (Wildman–Crippen MR) is 77.2 cm³/mol. The first-order valence-corrected chi connectivity index (χ1v) is 7.98. The number of carboxylic acids is 1. The van der Waals surface area contributed by atoms with E-state index in [4.69, 9.17) is 4.74 Å². The third kappa shape index (κ3) is 3.36. The van der Waals surface area contributed by atoms with Gasteiger partial charge in [-0.2, -0.15) is 0 Å². The minimum absolute atomic E-state index is 0.0183. The quantitative estimate of drug-likeness (QED) is 0.773. The van der Waals surface area contributed by atoms with Gasteiger partial charge in [0.1, 0.15) is 0 Å². The first-order valence-electron chi connectivity index (χ1n) is 7.10. The molecule has 0 radical (unpaired) electrons. The van der Waals surface area contributed by atoms with Crippen molar-refractivity contribution in [3.63, 3.8) is 0 Å². The molecule has 1 aromatic rings. The molecule has 2 amide bonds. The van der Waals surface area contributed by atoms with Gasteiger partial charge in [-0.05, 0) is 36.6 Å². The molecule has 1 aliphatic heterocycles. The maximum atomic E-state index is 12.1. The van der Waals surface area contributed by atoms with Crippen LogP contribution in [-0.2, 0) is 9.53 Å². The molecule has 7 heteroatoms. The van der Waals surface area contributed by atoms with Crippen molar-refractivity contribution in [3.8, 4) is 0 Å². The van der Waals surface area contributed by atoms with Crippen molar-refractivity contribution < 1.29 is 19.4 Å². The van der Waals surface area contributed by atoms with Crippen LogP contribution in [-0.4, -0.2) is 35.9 Å². The summed E-state index contributed by atoms with van der Waals surface area (Å²) in [6, 6.07) is 2.00. The highest BCUT2D eigenvalue weighted by molar-refractivity contribution is 7.10. The van der Waals surface area contributed by atoms with Crippen molar-refractivity contribution >= 4 is 23.3 Å². The van der Waals surface area contributed by atoms with Crippen LogP contribution >= 0.6 is 11.3 Å². The smallest absolute Gasteiger partial charge is 0.331 e. The summed E-state index contributed by atoms with van der Waals surface area (Å²) in [6.45, 7) is 0.652. The molecule has 21 heavy (non-hydrogen) atoms. The number of thiophene rings is 1. The summed E-state index contributed by atoms with van der Waals surface area (Å²) < 4.78 is 5.66. The summed E-state index contributed by atoms with van der Waals surface area (Å²) in [7, 11) is 0. The monoisotopic (exact) mass is 310 g/mol. The molecule has 3 unspecified atom stereocenters. The third-order valence-electron chi connectivity index (χ3n) is 3.89. The van der Waals surface area contributed by atoms with E-state index >= 15 is 0 Å². The molecule has 1 saturated carbocycles. The Hall–Kier alpha value is -1.60. The van der Waals surface area contributed by atoms with Crippen molar-refractivity contribution in [2.45, 2.75) is 37.5 Å². The summed E-state index contributed by atoms with van der Waals surface area (Å²) in [6.07, 6.45) is 3.17. The number of amides is 2. The maximum Gasteiger partial charge on any atom is 0.331 e. The van der Waals surface area contributed by atoms with Gasteiger partial charge in [-0.1, -0.05) is 6.07 Å². The van der Waals surface area contributed by atoms with Crippen LogP contribution in [0.15, 0.2) is 17.5 Å². The van der Waals surface area contributed by atoms with Gasteiger partial charge < -0.3 is 20.5 Å². The van der Waals surface area contributed by atoms with E-state index < -0.39 is 18.0 Å². The lowest BCUT2D eigenvalue weighted by molar-refractivity contribution is -0.139. The first kappa shape index (κ1) is 14.3. The number of carboxylic acid groups (broad SMARTS) is 1. The first-order chi connectivity index (χ1) is 10.1. The number of urea groups is 1. The van der Waals surface area contributed by atoms with Crippen LogP contribution in [0, 0.1) is 5.92 Å². The second-order valence-corrected chi connectivity index (χ2v) is 6.45. The molecule has 1 saturated heterocycles. The zero-order valence-electron chi connectivity index (χ0n) is 11.5. The van der Waals surface area contributed by atoms with Crippen molar-refractivity contribution in [3.05, 3.63) is 22.4 Å². The molecule has 1 aliphatic carbocycles. The van der Waals surface area contributed by atoms with E-state index in [2.05, 4.69) is 10.6 Å². The lowest BCUT2D eigenvalue weighted by Crippen LogP contribution is -2.48. The number of hydrogen-bond donors (Lipinski definition) is 3. The highest BCUT2D eigenvalue weighted by Crippen LogP contribution is 2.38. The predicted octanol–water partition coefficient (Wildman–Crippen LogP) is 1.74. The lowest BCUT2D eigenvalue weighted by Gasteiger charge is -2.21. The zero-order chi connectivity index (χ0) is 14.8. The summed E-state index contributed by atoms with van der Waals surface area (Å²) in [5.41, 5.74) is 0. The van der Waals surface area contributed by atoms with Gasteiger partial charge in [-0.3, -0.25) is 0 Å². The standard InChI is InChI=1S/C14H18N2O4S/c17-13(18)11(10-2-1-7-21-10)16-14(19)15-9-5-6-20-12(9)8-3-4-8/h1-2,7-9,11-12H,3-6H2,(H,17,18)(H2,15,16,19). The van der Waals surface area contributed by atoms with Gasteiger partial charge in [-0.15, -0.1) is 11.3 Å². The van der Waals surface area contributed by atoms with E-state index in [9.17, 15) is 14.7 Å². The van der Waals surface area contributed by atoms with Gasteiger partial charge in [0.2, 0.25) is 0 Å². The van der Waals surface area contributed by atoms with Crippen LogP contribution in [0.4, 0.5) is 4.79 Å².